The van der Waals surface area contributed by atoms with E-state index in [4.69, 9.17) is 16.3 Å². The van der Waals surface area contributed by atoms with E-state index in [1.54, 1.807) is 0 Å². The van der Waals surface area contributed by atoms with Gasteiger partial charge in [0.2, 0.25) is 11.2 Å². The number of anilines is 1. The Hall–Kier alpha value is -1.10. The first-order valence-electron chi connectivity index (χ1n) is 6.84. The second-order valence-corrected chi connectivity index (χ2v) is 5.77. The van der Waals surface area contributed by atoms with Crippen LogP contribution in [0.25, 0.3) is 0 Å². The lowest BCUT2D eigenvalue weighted by Gasteiger charge is -2.19. The molecular weight excluding hydrogens is 264 g/mol. The van der Waals surface area contributed by atoms with Crippen LogP contribution in [0.5, 0.6) is 6.01 Å². The van der Waals surface area contributed by atoms with Crippen molar-refractivity contribution in [3.8, 4) is 6.01 Å². The van der Waals surface area contributed by atoms with Crippen LogP contribution in [0.1, 0.15) is 40.0 Å². The molecule has 1 aromatic heterocycles. The molecule has 1 heterocycles. The van der Waals surface area contributed by atoms with Crippen LogP contribution in [0.2, 0.25) is 5.28 Å². The number of nitrogens with one attached hydrogen (secondary N) is 1. The van der Waals surface area contributed by atoms with Crippen LogP contribution in [0.4, 0.5) is 5.95 Å². The quantitative estimate of drug-likeness (QED) is 0.833. The maximum atomic E-state index is 5.87. The first kappa shape index (κ1) is 14.3. The molecule has 1 aliphatic rings. The van der Waals surface area contributed by atoms with Gasteiger partial charge in [0, 0.05) is 6.54 Å². The summed E-state index contributed by atoms with van der Waals surface area (Å²) in [5, 5.41) is 3.42. The molecule has 1 aliphatic carbocycles. The van der Waals surface area contributed by atoms with E-state index >= 15 is 0 Å². The number of rotatable bonds is 7. The summed E-state index contributed by atoms with van der Waals surface area (Å²) < 4.78 is 5.39. The second kappa shape index (κ2) is 5.90. The van der Waals surface area contributed by atoms with Gasteiger partial charge in [0.25, 0.3) is 0 Å². The molecule has 1 fully saturated rings. The van der Waals surface area contributed by atoms with Gasteiger partial charge in [-0.05, 0) is 42.2 Å². The Kier molecular flexibility index (Phi) is 4.45. The van der Waals surface area contributed by atoms with Gasteiger partial charge in [-0.3, -0.25) is 0 Å². The van der Waals surface area contributed by atoms with Crippen LogP contribution in [0, 0.1) is 11.3 Å². The van der Waals surface area contributed by atoms with Crippen molar-refractivity contribution in [1.29, 1.82) is 0 Å². The fourth-order valence-electron chi connectivity index (χ4n) is 2.04. The molecule has 0 radical (unpaired) electrons. The van der Waals surface area contributed by atoms with E-state index in [9.17, 15) is 0 Å². The summed E-state index contributed by atoms with van der Waals surface area (Å²) in [5.74, 6) is 1.16. The van der Waals surface area contributed by atoms with Crippen LogP contribution in [0.15, 0.2) is 0 Å². The lowest BCUT2D eigenvalue weighted by molar-refractivity contribution is 0.291. The molecule has 2 rings (SSSR count). The summed E-state index contributed by atoms with van der Waals surface area (Å²) in [7, 11) is 0. The Bertz CT molecular complexity index is 435. The normalized spacial score (nSPS) is 16.5. The van der Waals surface area contributed by atoms with Gasteiger partial charge >= 0.3 is 6.01 Å². The van der Waals surface area contributed by atoms with Gasteiger partial charge in [0.1, 0.15) is 0 Å². The second-order valence-electron chi connectivity index (χ2n) is 5.43. The van der Waals surface area contributed by atoms with Crippen LogP contribution in [-0.2, 0) is 0 Å². The zero-order chi connectivity index (χ0) is 13.9. The third-order valence-electron chi connectivity index (χ3n) is 3.74. The van der Waals surface area contributed by atoms with Crippen molar-refractivity contribution in [2.24, 2.45) is 11.3 Å². The van der Waals surface area contributed by atoms with E-state index in [0.29, 0.717) is 29.9 Å². The lowest BCUT2D eigenvalue weighted by atomic mass is 9.92. The molecule has 1 aromatic rings. The number of aromatic nitrogens is 3. The van der Waals surface area contributed by atoms with Gasteiger partial charge in [-0.1, -0.05) is 20.8 Å². The van der Waals surface area contributed by atoms with Crippen molar-refractivity contribution in [1.82, 2.24) is 15.0 Å². The number of halogens is 1. The molecule has 0 spiro atoms. The third-order valence-corrected chi connectivity index (χ3v) is 3.91. The maximum Gasteiger partial charge on any atom is 0.322 e. The molecule has 1 saturated carbocycles. The van der Waals surface area contributed by atoms with Crippen molar-refractivity contribution in [3.63, 3.8) is 0 Å². The Morgan fingerprint density at radius 3 is 2.63 bits per heavy atom. The van der Waals surface area contributed by atoms with Crippen LogP contribution in [-0.4, -0.2) is 28.1 Å². The maximum absolute atomic E-state index is 5.87. The summed E-state index contributed by atoms with van der Waals surface area (Å²) in [6.45, 7) is 7.99. The number of nitrogens with zero attached hydrogens (tertiary/aromatic N) is 3. The standard InChI is InChI=1S/C13H21ClN4O/c1-4-7-19-12-17-10(14)16-11(18-12)15-8-13(5-6-13)9(2)3/h9H,4-8H2,1-3H3,(H,15,16,17,18). The molecule has 19 heavy (non-hydrogen) atoms. The summed E-state index contributed by atoms with van der Waals surface area (Å²) in [4.78, 5) is 12.3. The van der Waals surface area contributed by atoms with Gasteiger partial charge in [0.05, 0.1) is 6.61 Å². The Morgan fingerprint density at radius 1 is 1.32 bits per heavy atom. The molecule has 106 valence electrons. The van der Waals surface area contributed by atoms with Gasteiger partial charge in [-0.15, -0.1) is 0 Å². The minimum Gasteiger partial charge on any atom is -0.463 e. The van der Waals surface area contributed by atoms with E-state index in [1.807, 2.05) is 6.92 Å². The van der Waals surface area contributed by atoms with Crippen molar-refractivity contribution in [2.75, 3.05) is 18.5 Å². The van der Waals surface area contributed by atoms with E-state index in [2.05, 4.69) is 34.1 Å². The van der Waals surface area contributed by atoms with Crippen LogP contribution < -0.4 is 10.1 Å². The first-order chi connectivity index (χ1) is 9.05. The fraction of sp³-hybridized carbons (Fsp3) is 0.769. The number of hydrogen-bond donors (Lipinski definition) is 1. The first-order valence-corrected chi connectivity index (χ1v) is 7.22. The van der Waals surface area contributed by atoms with E-state index in [1.165, 1.54) is 12.8 Å². The average molecular weight is 285 g/mol. The summed E-state index contributed by atoms with van der Waals surface area (Å²) in [5.41, 5.74) is 0.392. The van der Waals surface area contributed by atoms with Gasteiger partial charge < -0.3 is 10.1 Å². The molecule has 1 N–H and O–H groups in total. The van der Waals surface area contributed by atoms with Gasteiger partial charge in [0.15, 0.2) is 0 Å². The van der Waals surface area contributed by atoms with Crippen molar-refractivity contribution in [2.45, 2.75) is 40.0 Å². The summed E-state index contributed by atoms with van der Waals surface area (Å²) in [6, 6.07) is 0.291. The summed E-state index contributed by atoms with van der Waals surface area (Å²) >= 11 is 5.87. The predicted molar refractivity (Wildman–Crippen MR) is 75.6 cm³/mol. The molecule has 0 bridgehead atoms. The monoisotopic (exact) mass is 284 g/mol. The molecule has 0 aromatic carbocycles. The van der Waals surface area contributed by atoms with Crippen LogP contribution in [0.3, 0.4) is 0 Å². The van der Waals surface area contributed by atoms with Crippen molar-refractivity contribution >= 4 is 17.5 Å². The minimum atomic E-state index is 0.165. The van der Waals surface area contributed by atoms with Crippen LogP contribution >= 0.6 is 11.6 Å². The van der Waals surface area contributed by atoms with E-state index in [-0.39, 0.29) is 5.28 Å². The summed E-state index contributed by atoms with van der Waals surface area (Å²) in [6.07, 6.45) is 3.42. The molecule has 5 nitrogen and oxygen atoms in total. The smallest absolute Gasteiger partial charge is 0.322 e. The highest BCUT2D eigenvalue weighted by Gasteiger charge is 2.45. The Labute approximate surface area is 119 Å². The SMILES string of the molecule is CCCOc1nc(Cl)nc(NCC2(C(C)C)CC2)n1. The molecule has 0 aliphatic heterocycles. The molecule has 0 atom stereocenters. The van der Waals surface area contributed by atoms with Crippen molar-refractivity contribution in [3.05, 3.63) is 5.28 Å². The predicted octanol–water partition coefficient (Wildman–Crippen LogP) is 3.16. The van der Waals surface area contributed by atoms with Gasteiger partial charge in [-0.2, -0.15) is 15.0 Å². The number of ether oxygens (including phenoxy) is 1. The molecule has 6 heteroatoms. The fourth-order valence-corrected chi connectivity index (χ4v) is 2.20. The highest BCUT2D eigenvalue weighted by atomic mass is 35.5. The highest BCUT2D eigenvalue weighted by molar-refractivity contribution is 6.28. The zero-order valence-electron chi connectivity index (χ0n) is 11.7. The highest BCUT2D eigenvalue weighted by Crippen LogP contribution is 2.51. The molecule has 0 saturated heterocycles. The Morgan fingerprint density at radius 2 is 2.05 bits per heavy atom. The van der Waals surface area contributed by atoms with Gasteiger partial charge in [-0.25, -0.2) is 0 Å². The average Bonchev–Trinajstić information content (AvgIpc) is 3.14. The van der Waals surface area contributed by atoms with Crippen molar-refractivity contribution < 1.29 is 4.74 Å². The largest absolute Gasteiger partial charge is 0.463 e. The zero-order valence-corrected chi connectivity index (χ0v) is 12.5. The molecule has 0 unspecified atom stereocenters. The number of hydrogen-bond acceptors (Lipinski definition) is 5. The molecule has 0 amide bonds. The van der Waals surface area contributed by atoms with E-state index < -0.39 is 0 Å². The topological polar surface area (TPSA) is 59.9 Å². The van der Waals surface area contributed by atoms with E-state index in [0.717, 1.165) is 13.0 Å². The third kappa shape index (κ3) is 3.69. The Balaban J connectivity index is 1.98. The lowest BCUT2D eigenvalue weighted by Crippen LogP contribution is -2.22. The minimum absolute atomic E-state index is 0.165. The molecular formula is C13H21ClN4O.